The lowest BCUT2D eigenvalue weighted by molar-refractivity contribution is -0.115. The minimum absolute atomic E-state index is 0.0189. The number of rotatable bonds is 4. The third-order valence-electron chi connectivity index (χ3n) is 4.16. The Morgan fingerprint density at radius 2 is 1.96 bits per heavy atom. The van der Waals surface area contributed by atoms with Crippen LogP contribution in [-0.4, -0.2) is 26.4 Å². The summed E-state index contributed by atoms with van der Waals surface area (Å²) in [5.74, 6) is 0.241. The van der Waals surface area contributed by atoms with Crippen molar-refractivity contribution in [2.24, 2.45) is 0 Å². The molecule has 27 heavy (non-hydrogen) atoms. The molecule has 5 nitrogen and oxygen atoms in total. The molecule has 2 aromatic carbocycles. The molecule has 0 atom stereocenters. The summed E-state index contributed by atoms with van der Waals surface area (Å²) in [4.78, 5) is 17.0. The third kappa shape index (κ3) is 3.59. The van der Waals surface area contributed by atoms with Crippen LogP contribution in [0.25, 0.3) is 0 Å². The highest BCUT2D eigenvalue weighted by molar-refractivity contribution is 8.00. The maximum absolute atomic E-state index is 13.2. The van der Waals surface area contributed by atoms with E-state index in [1.165, 1.54) is 11.8 Å². The van der Waals surface area contributed by atoms with Crippen LogP contribution in [0.15, 0.2) is 63.7 Å². The van der Waals surface area contributed by atoms with Gasteiger partial charge < -0.3 is 4.57 Å². The maximum Gasteiger partial charge on any atom is 0.242 e. The highest BCUT2D eigenvalue weighted by atomic mass is 35.5. The first-order valence-electron chi connectivity index (χ1n) is 8.46. The van der Waals surface area contributed by atoms with Crippen LogP contribution in [0, 0.1) is 0 Å². The van der Waals surface area contributed by atoms with Crippen molar-refractivity contribution in [2.75, 3.05) is 10.7 Å². The van der Waals surface area contributed by atoms with Crippen LogP contribution in [0.1, 0.15) is 19.9 Å². The van der Waals surface area contributed by atoms with Gasteiger partial charge in [0.1, 0.15) is 6.33 Å². The van der Waals surface area contributed by atoms with Crippen molar-refractivity contribution in [2.45, 2.75) is 34.8 Å². The van der Waals surface area contributed by atoms with Crippen LogP contribution in [-0.2, 0) is 4.79 Å². The topological polar surface area (TPSA) is 51.0 Å². The predicted molar refractivity (Wildman–Crippen MR) is 110 cm³/mol. The van der Waals surface area contributed by atoms with Crippen molar-refractivity contribution in [3.63, 3.8) is 0 Å². The molecule has 0 saturated heterocycles. The van der Waals surface area contributed by atoms with E-state index in [0.29, 0.717) is 5.02 Å². The molecule has 0 fully saturated rings. The Morgan fingerprint density at radius 3 is 2.78 bits per heavy atom. The lowest BCUT2D eigenvalue weighted by Crippen LogP contribution is -2.30. The summed E-state index contributed by atoms with van der Waals surface area (Å²) >= 11 is 9.26. The van der Waals surface area contributed by atoms with Crippen LogP contribution in [0.5, 0.6) is 0 Å². The Hall–Kier alpha value is -1.96. The van der Waals surface area contributed by atoms with Crippen molar-refractivity contribution < 1.29 is 4.79 Å². The zero-order valence-corrected chi connectivity index (χ0v) is 17.2. The minimum atomic E-state index is -0.0189. The first kappa shape index (κ1) is 18.4. The first-order valence-corrected chi connectivity index (χ1v) is 10.6. The van der Waals surface area contributed by atoms with Crippen molar-refractivity contribution in [3.8, 4) is 0 Å². The quantitative estimate of drug-likeness (QED) is 0.530. The monoisotopic (exact) mass is 416 g/mol. The standard InChI is InChI=1S/C19H17ClN4OS2/c1-12(2)23-11-21-22-19(23)26-10-18(25)24-14-5-3-4-6-16(14)27-17-8-7-13(20)9-15(17)24/h3-9,11-12H,10H2,1-2H3. The fourth-order valence-corrected chi connectivity index (χ4v) is 4.98. The van der Waals surface area contributed by atoms with Crippen LogP contribution in [0.2, 0.25) is 5.02 Å². The number of carbonyl (C=O) groups is 1. The molecule has 0 spiro atoms. The van der Waals surface area contributed by atoms with Crippen molar-refractivity contribution >= 4 is 52.4 Å². The molecule has 1 amide bonds. The molecule has 0 N–H and O–H groups in total. The molecular weight excluding hydrogens is 400 g/mol. The molecule has 1 aromatic heterocycles. The minimum Gasteiger partial charge on any atom is -0.306 e. The van der Waals surface area contributed by atoms with Gasteiger partial charge in [0.05, 0.1) is 17.1 Å². The summed E-state index contributed by atoms with van der Waals surface area (Å²) in [5, 5.41) is 9.45. The maximum atomic E-state index is 13.2. The second-order valence-electron chi connectivity index (χ2n) is 6.31. The second kappa shape index (κ2) is 7.58. The number of para-hydroxylation sites is 1. The number of carbonyl (C=O) groups excluding carboxylic acids is 1. The van der Waals surface area contributed by atoms with E-state index in [-0.39, 0.29) is 17.7 Å². The van der Waals surface area contributed by atoms with E-state index < -0.39 is 0 Å². The molecular formula is C19H17ClN4OS2. The molecule has 0 radical (unpaired) electrons. The smallest absolute Gasteiger partial charge is 0.242 e. The van der Waals surface area contributed by atoms with Gasteiger partial charge in [-0.1, -0.05) is 47.3 Å². The average Bonchev–Trinajstić information content (AvgIpc) is 3.13. The summed E-state index contributed by atoms with van der Waals surface area (Å²) in [6.45, 7) is 4.12. The molecule has 2 heterocycles. The Kier molecular flexibility index (Phi) is 5.16. The Bertz CT molecular complexity index is 1000. The number of anilines is 2. The number of thioether (sulfide) groups is 1. The lowest BCUT2D eigenvalue weighted by atomic mass is 10.2. The van der Waals surface area contributed by atoms with Crippen LogP contribution < -0.4 is 4.90 Å². The van der Waals surface area contributed by atoms with Crippen molar-refractivity contribution in [1.29, 1.82) is 0 Å². The van der Waals surface area contributed by atoms with Gasteiger partial charge in [0.15, 0.2) is 5.16 Å². The molecule has 3 aromatic rings. The van der Waals surface area contributed by atoms with Gasteiger partial charge in [-0.05, 0) is 44.2 Å². The van der Waals surface area contributed by atoms with Gasteiger partial charge in [-0.15, -0.1) is 10.2 Å². The summed E-state index contributed by atoms with van der Waals surface area (Å²) in [6.07, 6.45) is 1.69. The fraction of sp³-hybridized carbons (Fsp3) is 0.211. The van der Waals surface area contributed by atoms with Crippen LogP contribution in [0.4, 0.5) is 11.4 Å². The third-order valence-corrected chi connectivity index (χ3v) is 6.47. The van der Waals surface area contributed by atoms with Gasteiger partial charge >= 0.3 is 0 Å². The van der Waals surface area contributed by atoms with E-state index in [0.717, 1.165) is 26.3 Å². The van der Waals surface area contributed by atoms with Crippen LogP contribution in [0.3, 0.4) is 0 Å². The molecule has 0 unspecified atom stereocenters. The van der Waals surface area contributed by atoms with Crippen LogP contribution >= 0.6 is 35.1 Å². The number of hydrogen-bond donors (Lipinski definition) is 0. The normalized spacial score (nSPS) is 12.8. The molecule has 138 valence electrons. The summed E-state index contributed by atoms with van der Waals surface area (Å²) in [6, 6.07) is 13.8. The lowest BCUT2D eigenvalue weighted by Gasteiger charge is -2.31. The number of aromatic nitrogens is 3. The molecule has 0 saturated carbocycles. The van der Waals surface area contributed by atoms with Gasteiger partial charge in [0.25, 0.3) is 0 Å². The molecule has 0 bridgehead atoms. The second-order valence-corrected chi connectivity index (χ2v) is 8.78. The van der Waals surface area contributed by atoms with Gasteiger partial charge in [-0.2, -0.15) is 0 Å². The Labute approximate surface area is 171 Å². The van der Waals surface area contributed by atoms with E-state index in [4.69, 9.17) is 11.6 Å². The Morgan fingerprint density at radius 1 is 1.19 bits per heavy atom. The number of amides is 1. The summed E-state index contributed by atoms with van der Waals surface area (Å²) < 4.78 is 1.96. The van der Waals surface area contributed by atoms with Crippen molar-refractivity contribution in [3.05, 3.63) is 53.8 Å². The van der Waals surface area contributed by atoms with Crippen molar-refractivity contribution in [1.82, 2.24) is 14.8 Å². The summed E-state index contributed by atoms with van der Waals surface area (Å²) in [7, 11) is 0. The molecule has 1 aliphatic rings. The molecule has 1 aliphatic heterocycles. The van der Waals surface area contributed by atoms with Gasteiger partial charge in [0.2, 0.25) is 5.91 Å². The Balaban J connectivity index is 1.65. The SMILES string of the molecule is CC(C)n1cnnc1SCC(=O)N1c2ccccc2Sc2ccc(Cl)cc21. The van der Waals surface area contributed by atoms with Gasteiger partial charge in [-0.25, -0.2) is 0 Å². The number of hydrogen-bond acceptors (Lipinski definition) is 5. The number of nitrogens with zero attached hydrogens (tertiary/aromatic N) is 4. The largest absolute Gasteiger partial charge is 0.306 e. The van der Waals surface area contributed by atoms with E-state index in [9.17, 15) is 4.79 Å². The molecule has 0 aliphatic carbocycles. The highest BCUT2D eigenvalue weighted by Gasteiger charge is 2.28. The molecule has 8 heteroatoms. The first-order chi connectivity index (χ1) is 13.0. The van der Waals surface area contributed by atoms with E-state index in [2.05, 4.69) is 24.0 Å². The number of fused-ring (bicyclic) bond motifs is 2. The van der Waals surface area contributed by atoms with E-state index in [1.807, 2.05) is 47.0 Å². The summed E-state index contributed by atoms with van der Waals surface area (Å²) in [5.41, 5.74) is 1.70. The van der Waals surface area contributed by atoms with E-state index in [1.54, 1.807) is 23.0 Å². The zero-order chi connectivity index (χ0) is 19.0. The fourth-order valence-electron chi connectivity index (χ4n) is 2.88. The number of halogens is 1. The predicted octanol–water partition coefficient (Wildman–Crippen LogP) is 5.43. The average molecular weight is 417 g/mol. The number of benzene rings is 2. The van der Waals surface area contributed by atoms with Gasteiger partial charge in [-0.3, -0.25) is 9.69 Å². The van der Waals surface area contributed by atoms with E-state index >= 15 is 0 Å². The van der Waals surface area contributed by atoms with Gasteiger partial charge in [0, 0.05) is 20.9 Å². The zero-order valence-electron chi connectivity index (χ0n) is 14.8. The molecule has 4 rings (SSSR count). The highest BCUT2D eigenvalue weighted by Crippen LogP contribution is 2.49.